The van der Waals surface area contributed by atoms with Crippen LogP contribution < -0.4 is 19.7 Å². The molecule has 0 aromatic heterocycles. The van der Waals surface area contributed by atoms with Crippen molar-refractivity contribution in [1.82, 2.24) is 5.32 Å². The van der Waals surface area contributed by atoms with E-state index in [0.717, 1.165) is 17.2 Å². The van der Waals surface area contributed by atoms with Crippen molar-refractivity contribution in [3.8, 4) is 11.5 Å². The zero-order valence-electron chi connectivity index (χ0n) is 13.1. The molecule has 0 fully saturated rings. The van der Waals surface area contributed by atoms with Gasteiger partial charge in [-0.05, 0) is 24.3 Å². The number of para-hydroxylation sites is 3. The first kappa shape index (κ1) is 15.2. The fourth-order valence-electron chi connectivity index (χ4n) is 2.61. The van der Waals surface area contributed by atoms with E-state index in [1.54, 1.807) is 7.05 Å². The van der Waals surface area contributed by atoms with Crippen LogP contribution in [0.15, 0.2) is 54.6 Å². The number of carbonyl (C=O) groups excluding carboxylic acids is 1. The van der Waals surface area contributed by atoms with Crippen molar-refractivity contribution < 1.29 is 14.3 Å². The van der Waals surface area contributed by atoms with Gasteiger partial charge in [0.05, 0.1) is 18.8 Å². The van der Waals surface area contributed by atoms with Gasteiger partial charge in [0.25, 0.3) is 5.91 Å². The molecule has 1 aliphatic heterocycles. The van der Waals surface area contributed by atoms with Crippen molar-refractivity contribution in [2.75, 3.05) is 31.6 Å². The molecule has 1 atom stereocenters. The van der Waals surface area contributed by atoms with E-state index >= 15 is 0 Å². The molecule has 1 aliphatic rings. The van der Waals surface area contributed by atoms with Crippen LogP contribution in [0.25, 0.3) is 0 Å². The third-order valence-electron chi connectivity index (χ3n) is 3.77. The van der Waals surface area contributed by atoms with E-state index in [1.807, 2.05) is 54.6 Å². The van der Waals surface area contributed by atoms with Crippen LogP contribution in [0.2, 0.25) is 0 Å². The van der Waals surface area contributed by atoms with Gasteiger partial charge in [0.2, 0.25) is 0 Å². The summed E-state index contributed by atoms with van der Waals surface area (Å²) >= 11 is 0. The predicted octanol–water partition coefficient (Wildman–Crippen LogP) is 2.08. The maximum atomic E-state index is 11.9. The van der Waals surface area contributed by atoms with Crippen LogP contribution in [0.5, 0.6) is 11.5 Å². The molecule has 1 N–H and O–H groups in total. The number of hydrogen-bond acceptors (Lipinski definition) is 4. The van der Waals surface area contributed by atoms with Crippen molar-refractivity contribution in [2.45, 2.75) is 6.10 Å². The molecule has 1 amide bonds. The number of nitrogens with zero attached hydrogens (tertiary/aromatic N) is 1. The summed E-state index contributed by atoms with van der Waals surface area (Å²) in [6.07, 6.45) is -0.508. The average Bonchev–Trinajstić information content (AvgIpc) is 2.61. The summed E-state index contributed by atoms with van der Waals surface area (Å²) in [7, 11) is 1.62. The highest BCUT2D eigenvalue weighted by Crippen LogP contribution is 2.32. The Hall–Kier alpha value is -2.69. The lowest BCUT2D eigenvalue weighted by molar-refractivity contribution is -0.127. The molecular weight excluding hydrogens is 292 g/mol. The monoisotopic (exact) mass is 312 g/mol. The van der Waals surface area contributed by atoms with Crippen molar-refractivity contribution in [3.05, 3.63) is 54.6 Å². The zero-order chi connectivity index (χ0) is 16.1. The molecule has 1 heterocycles. The first-order valence-electron chi connectivity index (χ1n) is 7.68. The number of carbonyl (C=O) groups is 1. The number of rotatable bonds is 5. The molecule has 0 spiro atoms. The summed E-state index contributed by atoms with van der Waals surface area (Å²) in [5.41, 5.74) is 0.990. The number of nitrogens with one attached hydrogen (secondary N) is 1. The van der Waals surface area contributed by atoms with Crippen LogP contribution >= 0.6 is 0 Å². The van der Waals surface area contributed by atoms with Crippen molar-refractivity contribution >= 4 is 11.6 Å². The predicted molar refractivity (Wildman–Crippen MR) is 89.1 cm³/mol. The zero-order valence-corrected chi connectivity index (χ0v) is 13.1. The average molecular weight is 312 g/mol. The fraction of sp³-hybridized carbons (Fsp3) is 0.278. The van der Waals surface area contributed by atoms with Gasteiger partial charge in [-0.15, -0.1) is 0 Å². The number of benzene rings is 2. The Bertz CT molecular complexity index is 660. The number of hydrogen-bond donors (Lipinski definition) is 1. The lowest BCUT2D eigenvalue weighted by Gasteiger charge is -2.35. The highest BCUT2D eigenvalue weighted by molar-refractivity contribution is 5.83. The third-order valence-corrected chi connectivity index (χ3v) is 3.77. The summed E-state index contributed by atoms with van der Waals surface area (Å²) < 4.78 is 11.5. The molecule has 0 radical (unpaired) electrons. The topological polar surface area (TPSA) is 50.8 Å². The van der Waals surface area contributed by atoms with Crippen LogP contribution in [0.1, 0.15) is 0 Å². The van der Waals surface area contributed by atoms with Gasteiger partial charge < -0.3 is 19.7 Å². The fourth-order valence-corrected chi connectivity index (χ4v) is 2.61. The Morgan fingerprint density at radius 3 is 2.74 bits per heavy atom. The summed E-state index contributed by atoms with van der Waals surface area (Å²) in [6, 6.07) is 17.5. The Morgan fingerprint density at radius 2 is 1.96 bits per heavy atom. The highest BCUT2D eigenvalue weighted by atomic mass is 16.5. The summed E-state index contributed by atoms with van der Waals surface area (Å²) in [5.74, 6) is 1.46. The van der Waals surface area contributed by atoms with Gasteiger partial charge >= 0.3 is 0 Å². The minimum Gasteiger partial charge on any atom is -0.492 e. The second kappa shape index (κ2) is 7.05. The Morgan fingerprint density at radius 1 is 1.22 bits per heavy atom. The standard InChI is InChI=1S/C18H20N2O3/c1-19-18(21)17-13-20(15-9-5-6-10-16(15)23-17)11-12-22-14-7-3-2-4-8-14/h2-10,17H,11-13H2,1H3,(H,19,21). The normalized spacial score (nSPS) is 16.2. The van der Waals surface area contributed by atoms with Crippen LogP contribution in [-0.2, 0) is 4.79 Å². The second-order valence-corrected chi connectivity index (χ2v) is 5.30. The molecule has 23 heavy (non-hydrogen) atoms. The van der Waals surface area contributed by atoms with Crippen LogP contribution in [0, 0.1) is 0 Å². The van der Waals surface area contributed by atoms with Gasteiger partial charge in [-0.25, -0.2) is 0 Å². The quantitative estimate of drug-likeness (QED) is 0.918. The number of amides is 1. The molecule has 120 valence electrons. The van der Waals surface area contributed by atoms with Crippen molar-refractivity contribution in [2.24, 2.45) is 0 Å². The van der Waals surface area contributed by atoms with Crippen LogP contribution in [0.3, 0.4) is 0 Å². The van der Waals surface area contributed by atoms with Gasteiger partial charge in [-0.1, -0.05) is 30.3 Å². The first-order chi connectivity index (χ1) is 11.3. The van der Waals surface area contributed by atoms with Gasteiger partial charge in [0.15, 0.2) is 6.10 Å². The molecule has 2 aromatic carbocycles. The molecule has 3 rings (SSSR count). The molecule has 0 saturated carbocycles. The number of likely N-dealkylation sites (N-methyl/N-ethyl adjacent to an activating group) is 1. The Labute approximate surface area is 135 Å². The summed E-state index contributed by atoms with van der Waals surface area (Å²) in [4.78, 5) is 14.1. The van der Waals surface area contributed by atoms with E-state index in [0.29, 0.717) is 19.7 Å². The number of fused-ring (bicyclic) bond motifs is 1. The Kier molecular flexibility index (Phi) is 4.66. The van der Waals surface area contributed by atoms with Gasteiger partial charge in [0.1, 0.15) is 18.1 Å². The smallest absolute Gasteiger partial charge is 0.262 e. The molecule has 0 saturated heterocycles. The van der Waals surface area contributed by atoms with E-state index in [4.69, 9.17) is 9.47 Å². The lowest BCUT2D eigenvalue weighted by atomic mass is 10.2. The van der Waals surface area contributed by atoms with E-state index in [1.165, 1.54) is 0 Å². The van der Waals surface area contributed by atoms with E-state index in [-0.39, 0.29) is 5.91 Å². The summed E-state index contributed by atoms with van der Waals surface area (Å²) in [6.45, 7) is 1.73. The highest BCUT2D eigenvalue weighted by Gasteiger charge is 2.29. The van der Waals surface area contributed by atoms with E-state index in [2.05, 4.69) is 10.2 Å². The van der Waals surface area contributed by atoms with Crippen LogP contribution in [-0.4, -0.2) is 38.8 Å². The minimum atomic E-state index is -0.508. The molecule has 5 heteroatoms. The van der Waals surface area contributed by atoms with Gasteiger partial charge in [-0.3, -0.25) is 4.79 Å². The second-order valence-electron chi connectivity index (χ2n) is 5.30. The van der Waals surface area contributed by atoms with Crippen LogP contribution in [0.4, 0.5) is 5.69 Å². The lowest BCUT2D eigenvalue weighted by Crippen LogP contribution is -2.49. The number of ether oxygens (including phenoxy) is 2. The molecule has 0 bridgehead atoms. The van der Waals surface area contributed by atoms with Gasteiger partial charge in [-0.2, -0.15) is 0 Å². The molecule has 1 unspecified atom stereocenters. The maximum absolute atomic E-state index is 11.9. The molecule has 0 aliphatic carbocycles. The molecule has 2 aromatic rings. The van der Waals surface area contributed by atoms with Crippen molar-refractivity contribution in [3.63, 3.8) is 0 Å². The first-order valence-corrected chi connectivity index (χ1v) is 7.68. The SMILES string of the molecule is CNC(=O)C1CN(CCOc2ccccc2)c2ccccc2O1. The number of anilines is 1. The van der Waals surface area contributed by atoms with E-state index in [9.17, 15) is 4.79 Å². The van der Waals surface area contributed by atoms with Gasteiger partial charge in [0, 0.05) is 7.05 Å². The Balaban J connectivity index is 1.68. The summed E-state index contributed by atoms with van der Waals surface area (Å²) in [5, 5.41) is 2.65. The largest absolute Gasteiger partial charge is 0.492 e. The molecular formula is C18H20N2O3. The minimum absolute atomic E-state index is 0.117. The maximum Gasteiger partial charge on any atom is 0.262 e. The third kappa shape index (κ3) is 3.56. The van der Waals surface area contributed by atoms with Crippen molar-refractivity contribution in [1.29, 1.82) is 0 Å². The van der Waals surface area contributed by atoms with E-state index < -0.39 is 6.10 Å². The molecule has 5 nitrogen and oxygen atoms in total.